The van der Waals surface area contributed by atoms with Crippen LogP contribution in [0, 0.1) is 0 Å². The summed E-state index contributed by atoms with van der Waals surface area (Å²) in [7, 11) is -3.72. The number of sulfone groups is 1. The molecule has 1 aliphatic rings. The third-order valence-corrected chi connectivity index (χ3v) is 5.35. The van der Waals surface area contributed by atoms with Gasteiger partial charge in [-0.15, -0.1) is 0 Å². The first-order valence-corrected chi connectivity index (χ1v) is 10.0. The molecule has 0 spiro atoms. The summed E-state index contributed by atoms with van der Waals surface area (Å²) in [6, 6.07) is 7.46. The number of carboxylic acid groups (broad SMARTS) is 1. The van der Waals surface area contributed by atoms with Crippen molar-refractivity contribution in [3.05, 3.63) is 30.3 Å². The number of nitrogens with zero attached hydrogens (tertiary/aromatic N) is 1. The van der Waals surface area contributed by atoms with Gasteiger partial charge in [-0.2, -0.15) is 12.6 Å². The number of para-hydroxylation sites is 1. The number of carbonyl (C=O) groups excluding carboxylic acids is 1. The van der Waals surface area contributed by atoms with Crippen LogP contribution in [0.15, 0.2) is 30.3 Å². The second-order valence-corrected chi connectivity index (χ2v) is 8.66. The van der Waals surface area contributed by atoms with Gasteiger partial charge in [0.1, 0.15) is 6.54 Å². The molecule has 25 heavy (non-hydrogen) atoms. The third kappa shape index (κ3) is 5.35. The molecule has 2 N–H and O–H groups in total. The quantitative estimate of drug-likeness (QED) is 0.616. The predicted molar refractivity (Wildman–Crippen MR) is 95.7 cm³/mol. The molecule has 0 aromatic heterocycles. The first-order chi connectivity index (χ1) is 11.7. The molecule has 1 heterocycles. The molecule has 0 radical (unpaired) electrons. The van der Waals surface area contributed by atoms with Crippen molar-refractivity contribution in [1.82, 2.24) is 5.32 Å². The largest absolute Gasteiger partial charge is 0.480 e. The van der Waals surface area contributed by atoms with Crippen LogP contribution in [0.1, 0.15) is 6.42 Å². The Morgan fingerprint density at radius 3 is 2.52 bits per heavy atom. The first-order valence-electron chi connectivity index (χ1n) is 7.54. The summed E-state index contributed by atoms with van der Waals surface area (Å²) in [5.74, 6) is -1.24. The van der Waals surface area contributed by atoms with Gasteiger partial charge in [0.15, 0.2) is 9.84 Å². The summed E-state index contributed by atoms with van der Waals surface area (Å²) in [5, 5.41) is 12.0. The summed E-state index contributed by atoms with van der Waals surface area (Å²) in [6.45, 7) is -0.151. The minimum absolute atomic E-state index is 0.0443. The third-order valence-electron chi connectivity index (χ3n) is 3.69. The molecule has 3 atom stereocenters. The molecule has 1 aromatic rings. The topological polar surface area (TPSA) is 113 Å². The lowest BCUT2D eigenvalue weighted by Crippen LogP contribution is -2.47. The minimum Gasteiger partial charge on any atom is -0.480 e. The normalized spacial score (nSPS) is 21.5. The van der Waals surface area contributed by atoms with E-state index in [4.69, 9.17) is 9.84 Å². The fourth-order valence-corrected chi connectivity index (χ4v) is 3.98. The van der Waals surface area contributed by atoms with E-state index in [1.54, 1.807) is 18.2 Å². The Labute approximate surface area is 151 Å². The van der Waals surface area contributed by atoms with Crippen LogP contribution in [0.2, 0.25) is 0 Å². The molecule has 1 aliphatic heterocycles. The van der Waals surface area contributed by atoms with Gasteiger partial charge in [-0.3, -0.25) is 9.69 Å². The van der Waals surface area contributed by atoms with Crippen molar-refractivity contribution < 1.29 is 27.9 Å². The molecular formula is C15H20N2O6S2. The zero-order valence-electron chi connectivity index (χ0n) is 13.5. The highest BCUT2D eigenvalue weighted by Gasteiger charge is 2.39. The molecule has 8 nitrogen and oxygen atoms in total. The highest BCUT2D eigenvalue weighted by Crippen LogP contribution is 2.22. The second-order valence-electron chi connectivity index (χ2n) is 5.80. The maximum absolute atomic E-state index is 12.5. The van der Waals surface area contributed by atoms with E-state index in [0.29, 0.717) is 18.7 Å². The van der Waals surface area contributed by atoms with Crippen molar-refractivity contribution in [2.45, 2.75) is 23.1 Å². The predicted octanol–water partition coefficient (Wildman–Crippen LogP) is 0.745. The van der Waals surface area contributed by atoms with Crippen LogP contribution in [0.4, 0.5) is 10.5 Å². The van der Waals surface area contributed by atoms with E-state index in [1.165, 1.54) is 12.1 Å². The Morgan fingerprint density at radius 2 is 2.04 bits per heavy atom. The smallest absolute Gasteiger partial charge is 0.416 e. The maximum Gasteiger partial charge on any atom is 0.416 e. The lowest BCUT2D eigenvalue weighted by atomic mass is 10.2. The molecule has 1 amide bonds. The van der Waals surface area contributed by atoms with E-state index in [9.17, 15) is 18.0 Å². The Bertz CT molecular complexity index is 725. The van der Waals surface area contributed by atoms with E-state index in [1.807, 2.05) is 0 Å². The van der Waals surface area contributed by atoms with Crippen molar-refractivity contribution in [2.75, 3.05) is 24.2 Å². The van der Waals surface area contributed by atoms with Crippen LogP contribution >= 0.6 is 12.6 Å². The van der Waals surface area contributed by atoms with Gasteiger partial charge in [0.25, 0.3) is 0 Å². The fourth-order valence-electron chi connectivity index (χ4n) is 2.59. The molecule has 0 saturated carbocycles. The van der Waals surface area contributed by atoms with E-state index in [-0.39, 0.29) is 5.25 Å². The van der Waals surface area contributed by atoms with Gasteiger partial charge < -0.3 is 15.2 Å². The van der Waals surface area contributed by atoms with Crippen LogP contribution in [0.5, 0.6) is 0 Å². The highest BCUT2D eigenvalue weighted by molar-refractivity contribution is 7.91. The summed E-state index contributed by atoms with van der Waals surface area (Å²) in [6.07, 6.45) is 0.356. The minimum atomic E-state index is -3.72. The van der Waals surface area contributed by atoms with E-state index in [0.717, 1.165) is 11.2 Å². The summed E-state index contributed by atoms with van der Waals surface area (Å²) >= 11 is 4.29. The number of rotatable bonds is 6. The number of carboxylic acids is 1. The molecule has 1 saturated heterocycles. The lowest BCUT2D eigenvalue weighted by Gasteiger charge is -2.26. The average Bonchev–Trinajstić information content (AvgIpc) is 2.95. The van der Waals surface area contributed by atoms with Gasteiger partial charge in [-0.1, -0.05) is 18.2 Å². The van der Waals surface area contributed by atoms with Crippen molar-refractivity contribution in [3.63, 3.8) is 0 Å². The molecule has 1 unspecified atom stereocenters. The summed E-state index contributed by atoms with van der Waals surface area (Å²) < 4.78 is 29.3. The number of anilines is 1. The van der Waals surface area contributed by atoms with Gasteiger partial charge in [-0.05, 0) is 18.6 Å². The Morgan fingerprint density at radius 1 is 1.40 bits per heavy atom. The highest BCUT2D eigenvalue weighted by atomic mass is 32.2. The van der Waals surface area contributed by atoms with Gasteiger partial charge in [0, 0.05) is 23.7 Å². The number of nitrogens with one attached hydrogen (secondary N) is 1. The van der Waals surface area contributed by atoms with Crippen molar-refractivity contribution >= 4 is 40.2 Å². The fraction of sp³-hybridized carbons (Fsp3) is 0.467. The maximum atomic E-state index is 12.5. The lowest BCUT2D eigenvalue weighted by molar-refractivity contribution is -0.135. The molecule has 1 fully saturated rings. The number of aliphatic carboxylic acids is 1. The van der Waals surface area contributed by atoms with E-state index >= 15 is 0 Å². The second kappa shape index (κ2) is 8.07. The van der Waals surface area contributed by atoms with Gasteiger partial charge in [0.2, 0.25) is 5.44 Å². The van der Waals surface area contributed by atoms with Gasteiger partial charge >= 0.3 is 12.1 Å². The number of hydrogen-bond acceptors (Lipinski definition) is 7. The number of amides is 1. The Balaban J connectivity index is 2.23. The van der Waals surface area contributed by atoms with Gasteiger partial charge in [-0.25, -0.2) is 13.2 Å². The van der Waals surface area contributed by atoms with Crippen molar-refractivity contribution in [3.8, 4) is 0 Å². The number of hydrogen-bond donors (Lipinski definition) is 3. The summed E-state index contributed by atoms with van der Waals surface area (Å²) in [5.41, 5.74) is -1.12. The van der Waals surface area contributed by atoms with Crippen LogP contribution in [-0.2, 0) is 19.4 Å². The standard InChI is InChI=1S/C15H20N2O6S2/c1-25(21,22)14(12-7-11(24)8-16-12)23-15(20)17(9-13(18)19)10-5-3-2-4-6-10/h2-6,11-12,14,16,24H,7-9H2,1H3,(H,18,19)/t11-,12+,14?/m1/s1. The number of benzene rings is 1. The van der Waals surface area contributed by atoms with Crippen LogP contribution in [0.3, 0.4) is 0 Å². The zero-order chi connectivity index (χ0) is 18.6. The van der Waals surface area contributed by atoms with Gasteiger partial charge in [0.05, 0.1) is 6.04 Å². The molecular weight excluding hydrogens is 368 g/mol. The molecule has 2 rings (SSSR count). The number of ether oxygens (including phenoxy) is 1. The monoisotopic (exact) mass is 388 g/mol. The molecule has 1 aromatic carbocycles. The van der Waals surface area contributed by atoms with Crippen LogP contribution < -0.4 is 10.2 Å². The number of thiol groups is 1. The zero-order valence-corrected chi connectivity index (χ0v) is 15.2. The van der Waals surface area contributed by atoms with Crippen molar-refractivity contribution in [1.29, 1.82) is 0 Å². The van der Waals surface area contributed by atoms with E-state index < -0.39 is 39.9 Å². The molecule has 138 valence electrons. The Kier molecular flexibility index (Phi) is 6.31. The summed E-state index contributed by atoms with van der Waals surface area (Å²) in [4.78, 5) is 24.5. The van der Waals surface area contributed by atoms with Crippen molar-refractivity contribution in [2.24, 2.45) is 0 Å². The van der Waals surface area contributed by atoms with Crippen LogP contribution in [0.25, 0.3) is 0 Å². The first kappa shape index (κ1) is 19.5. The molecule has 10 heteroatoms. The Hall–Kier alpha value is -1.78. The van der Waals surface area contributed by atoms with Crippen LogP contribution in [-0.4, -0.2) is 61.7 Å². The average molecular weight is 388 g/mol. The SMILES string of the molecule is CS(=O)(=O)C(OC(=O)N(CC(=O)O)c1ccccc1)[C@@H]1C[C@@H](S)CN1. The molecule has 0 aliphatic carbocycles. The van der Waals surface area contributed by atoms with E-state index in [2.05, 4.69) is 17.9 Å². The molecule has 0 bridgehead atoms. The number of carbonyl (C=O) groups is 2.